The molecule has 1 aliphatic heterocycles. The fraction of sp³-hybridized carbons (Fsp3) is 0.300. The molecule has 1 fully saturated rings. The number of rotatable bonds is 6. The van der Waals surface area contributed by atoms with Gasteiger partial charge in [0.25, 0.3) is 5.91 Å². The van der Waals surface area contributed by atoms with Crippen molar-refractivity contribution in [1.29, 1.82) is 0 Å². The van der Waals surface area contributed by atoms with Gasteiger partial charge in [0.05, 0.1) is 11.6 Å². The molecule has 154 valence electrons. The SMILES string of the molecule is O=C(CN1CCN(C(=O)COc2ccc(F)cc2)CC1)Nc1ccc(F)c(Cl)c1. The van der Waals surface area contributed by atoms with Gasteiger partial charge in [0.1, 0.15) is 17.4 Å². The first-order chi connectivity index (χ1) is 13.9. The summed E-state index contributed by atoms with van der Waals surface area (Å²) in [6, 6.07) is 9.45. The summed E-state index contributed by atoms with van der Waals surface area (Å²) in [5, 5.41) is 2.62. The second kappa shape index (κ2) is 9.67. The molecule has 2 amide bonds. The number of halogens is 3. The quantitative estimate of drug-likeness (QED) is 0.776. The van der Waals surface area contributed by atoms with Crippen LogP contribution in [0.25, 0.3) is 0 Å². The molecular formula is C20H20ClF2N3O3. The zero-order valence-corrected chi connectivity index (χ0v) is 16.3. The van der Waals surface area contributed by atoms with Crippen LogP contribution in [0.2, 0.25) is 5.02 Å². The molecule has 1 heterocycles. The lowest BCUT2D eigenvalue weighted by Crippen LogP contribution is -2.51. The van der Waals surface area contributed by atoms with Gasteiger partial charge in [-0.1, -0.05) is 11.6 Å². The van der Waals surface area contributed by atoms with Crippen LogP contribution in [-0.2, 0) is 9.59 Å². The van der Waals surface area contributed by atoms with Gasteiger partial charge in [-0.2, -0.15) is 0 Å². The molecule has 0 unspecified atom stereocenters. The minimum atomic E-state index is -0.547. The number of anilines is 1. The number of amides is 2. The van der Waals surface area contributed by atoms with E-state index in [2.05, 4.69) is 5.32 Å². The Morgan fingerprint density at radius 3 is 2.38 bits per heavy atom. The van der Waals surface area contributed by atoms with Crippen molar-refractivity contribution in [2.24, 2.45) is 0 Å². The average Bonchev–Trinajstić information content (AvgIpc) is 2.70. The molecule has 1 aliphatic rings. The van der Waals surface area contributed by atoms with Crippen molar-refractivity contribution >= 4 is 29.1 Å². The number of hydrogen-bond donors (Lipinski definition) is 1. The van der Waals surface area contributed by atoms with Gasteiger partial charge >= 0.3 is 0 Å². The third-order valence-electron chi connectivity index (χ3n) is 4.47. The number of benzene rings is 2. The third kappa shape index (κ3) is 6.13. The van der Waals surface area contributed by atoms with E-state index in [4.69, 9.17) is 16.3 Å². The molecule has 9 heteroatoms. The summed E-state index contributed by atoms with van der Waals surface area (Å²) in [4.78, 5) is 28.0. The Labute approximate surface area is 172 Å². The van der Waals surface area contributed by atoms with Crippen LogP contribution in [0, 0.1) is 11.6 Å². The van der Waals surface area contributed by atoms with Crippen LogP contribution < -0.4 is 10.1 Å². The van der Waals surface area contributed by atoms with E-state index >= 15 is 0 Å². The van der Waals surface area contributed by atoms with Crippen LogP contribution in [0.1, 0.15) is 0 Å². The number of carbonyl (C=O) groups excluding carboxylic acids is 2. The Bertz CT molecular complexity index is 872. The zero-order valence-electron chi connectivity index (χ0n) is 15.5. The highest BCUT2D eigenvalue weighted by Gasteiger charge is 2.22. The summed E-state index contributed by atoms with van der Waals surface area (Å²) in [5.41, 5.74) is 0.424. The molecule has 6 nitrogen and oxygen atoms in total. The van der Waals surface area contributed by atoms with Gasteiger partial charge in [-0.3, -0.25) is 14.5 Å². The predicted octanol–water partition coefficient (Wildman–Crippen LogP) is 2.78. The molecule has 1 saturated heterocycles. The highest BCUT2D eigenvalue weighted by Crippen LogP contribution is 2.19. The molecule has 1 N–H and O–H groups in total. The second-order valence-corrected chi connectivity index (χ2v) is 6.98. The van der Waals surface area contributed by atoms with Gasteiger partial charge in [0.2, 0.25) is 5.91 Å². The largest absolute Gasteiger partial charge is 0.484 e. The molecule has 0 aliphatic carbocycles. The Morgan fingerprint density at radius 1 is 1.03 bits per heavy atom. The van der Waals surface area contributed by atoms with E-state index in [1.165, 1.54) is 42.5 Å². The van der Waals surface area contributed by atoms with Crippen LogP contribution in [-0.4, -0.2) is 60.9 Å². The molecule has 0 radical (unpaired) electrons. The van der Waals surface area contributed by atoms with Crippen LogP contribution in [0.3, 0.4) is 0 Å². The van der Waals surface area contributed by atoms with Crippen LogP contribution >= 0.6 is 11.6 Å². The molecule has 0 spiro atoms. The molecule has 0 bridgehead atoms. The van der Waals surface area contributed by atoms with Gasteiger partial charge in [-0.05, 0) is 42.5 Å². The Balaban J connectivity index is 1.40. The fourth-order valence-electron chi connectivity index (χ4n) is 2.90. The lowest BCUT2D eigenvalue weighted by atomic mass is 10.3. The van der Waals surface area contributed by atoms with Gasteiger partial charge in [0.15, 0.2) is 6.61 Å². The van der Waals surface area contributed by atoms with Gasteiger partial charge in [-0.25, -0.2) is 8.78 Å². The summed E-state index contributed by atoms with van der Waals surface area (Å²) < 4.78 is 31.4. The first-order valence-corrected chi connectivity index (χ1v) is 9.42. The summed E-state index contributed by atoms with van der Waals surface area (Å²) in [7, 11) is 0. The molecule has 0 saturated carbocycles. The molecular weight excluding hydrogens is 404 g/mol. The number of nitrogens with one attached hydrogen (secondary N) is 1. The van der Waals surface area contributed by atoms with E-state index in [1.807, 2.05) is 4.90 Å². The molecule has 29 heavy (non-hydrogen) atoms. The van der Waals surface area contributed by atoms with E-state index in [0.717, 1.165) is 0 Å². The van der Waals surface area contributed by atoms with Crippen molar-refractivity contribution in [3.63, 3.8) is 0 Å². The van der Waals surface area contributed by atoms with E-state index in [0.29, 0.717) is 37.6 Å². The van der Waals surface area contributed by atoms with Crippen molar-refractivity contribution in [2.45, 2.75) is 0 Å². The number of hydrogen-bond acceptors (Lipinski definition) is 4. The number of carbonyl (C=O) groups is 2. The monoisotopic (exact) mass is 423 g/mol. The molecule has 0 atom stereocenters. The maximum atomic E-state index is 13.2. The number of ether oxygens (including phenoxy) is 1. The molecule has 3 rings (SSSR count). The lowest BCUT2D eigenvalue weighted by Gasteiger charge is -2.34. The smallest absolute Gasteiger partial charge is 0.260 e. The average molecular weight is 424 g/mol. The van der Waals surface area contributed by atoms with Crippen molar-refractivity contribution in [2.75, 3.05) is 44.6 Å². The van der Waals surface area contributed by atoms with Crippen molar-refractivity contribution in [3.05, 3.63) is 59.1 Å². The van der Waals surface area contributed by atoms with Crippen molar-refractivity contribution in [1.82, 2.24) is 9.80 Å². The Hall–Kier alpha value is -2.71. The lowest BCUT2D eigenvalue weighted by molar-refractivity contribution is -0.135. The zero-order chi connectivity index (χ0) is 20.8. The standard InChI is InChI=1S/C20H20ClF2N3O3/c21-17-11-15(3-6-18(17)23)24-19(27)12-25-7-9-26(10-8-25)20(28)13-29-16-4-1-14(22)2-5-16/h1-6,11H,7-10,12-13H2,(H,24,27). The first-order valence-electron chi connectivity index (χ1n) is 9.04. The summed E-state index contributed by atoms with van der Waals surface area (Å²) in [5.74, 6) is -0.900. The Kier molecular flexibility index (Phi) is 7.00. The van der Waals surface area contributed by atoms with Gasteiger partial charge < -0.3 is 15.0 Å². The van der Waals surface area contributed by atoms with E-state index in [9.17, 15) is 18.4 Å². The van der Waals surface area contributed by atoms with Crippen LogP contribution in [0.15, 0.2) is 42.5 Å². The minimum absolute atomic E-state index is 0.0576. The first kappa shape index (κ1) is 21.0. The maximum absolute atomic E-state index is 13.2. The summed E-state index contributed by atoms with van der Waals surface area (Å²) >= 11 is 5.71. The predicted molar refractivity (Wildman–Crippen MR) is 105 cm³/mol. The minimum Gasteiger partial charge on any atom is -0.484 e. The van der Waals surface area contributed by atoms with E-state index in [-0.39, 0.29) is 35.8 Å². The van der Waals surface area contributed by atoms with Crippen LogP contribution in [0.5, 0.6) is 5.75 Å². The maximum Gasteiger partial charge on any atom is 0.260 e. The fourth-order valence-corrected chi connectivity index (χ4v) is 3.08. The topological polar surface area (TPSA) is 61.9 Å². The number of piperazine rings is 1. The Morgan fingerprint density at radius 2 is 1.72 bits per heavy atom. The summed E-state index contributed by atoms with van der Waals surface area (Å²) in [6.45, 7) is 2.06. The van der Waals surface area contributed by atoms with Gasteiger partial charge in [-0.15, -0.1) is 0 Å². The highest BCUT2D eigenvalue weighted by atomic mass is 35.5. The molecule has 0 aromatic heterocycles. The normalized spacial score (nSPS) is 14.5. The van der Waals surface area contributed by atoms with Crippen molar-refractivity contribution < 1.29 is 23.1 Å². The van der Waals surface area contributed by atoms with Crippen LogP contribution in [0.4, 0.5) is 14.5 Å². The molecule has 2 aromatic rings. The second-order valence-electron chi connectivity index (χ2n) is 6.58. The van der Waals surface area contributed by atoms with E-state index in [1.54, 1.807) is 4.90 Å². The van der Waals surface area contributed by atoms with E-state index < -0.39 is 5.82 Å². The third-order valence-corrected chi connectivity index (χ3v) is 4.76. The highest BCUT2D eigenvalue weighted by molar-refractivity contribution is 6.31. The van der Waals surface area contributed by atoms with Crippen molar-refractivity contribution in [3.8, 4) is 5.75 Å². The number of nitrogens with zero attached hydrogens (tertiary/aromatic N) is 2. The van der Waals surface area contributed by atoms with Gasteiger partial charge in [0, 0.05) is 31.9 Å². The summed E-state index contributed by atoms with van der Waals surface area (Å²) in [6.07, 6.45) is 0. The molecule has 2 aromatic carbocycles.